The highest BCUT2D eigenvalue weighted by Gasteiger charge is 2.10. The number of nitrogens with zero attached hydrogens (tertiary/aromatic N) is 1. The van der Waals surface area contributed by atoms with Crippen molar-refractivity contribution in [2.75, 3.05) is 6.61 Å². The first kappa shape index (κ1) is 27.4. The van der Waals surface area contributed by atoms with Crippen molar-refractivity contribution in [3.63, 3.8) is 0 Å². The van der Waals surface area contributed by atoms with Crippen molar-refractivity contribution in [2.24, 2.45) is 0 Å². The van der Waals surface area contributed by atoms with E-state index < -0.39 is 0 Å². The van der Waals surface area contributed by atoms with Crippen molar-refractivity contribution in [1.29, 1.82) is 0 Å². The van der Waals surface area contributed by atoms with E-state index in [9.17, 15) is 0 Å². The van der Waals surface area contributed by atoms with Crippen LogP contribution in [0.3, 0.4) is 0 Å². The number of aromatic nitrogens is 1. The maximum Gasteiger partial charge on any atom is 0.119 e. The first-order chi connectivity index (χ1) is 16.2. The van der Waals surface area contributed by atoms with Crippen LogP contribution < -0.4 is 4.74 Å². The molecule has 0 aliphatic rings. The quantitative estimate of drug-likeness (QED) is 0.198. The molecular formula is C31H49NO. The number of ether oxygens (including phenoxy) is 1. The first-order valence-electron chi connectivity index (χ1n) is 13.9. The minimum absolute atomic E-state index is 0.301. The van der Waals surface area contributed by atoms with E-state index in [2.05, 4.69) is 63.4 Å². The third kappa shape index (κ3) is 11.7. The number of unbranched alkanes of at least 4 members (excludes halogenated alkanes) is 12. The Labute approximate surface area is 204 Å². The molecule has 2 heteroatoms. The third-order valence-electron chi connectivity index (χ3n) is 6.76. The second kappa shape index (κ2) is 17.6. The van der Waals surface area contributed by atoms with Gasteiger partial charge in [-0.2, -0.15) is 0 Å². The molecule has 2 aromatic rings. The molecule has 1 unspecified atom stereocenters. The molecule has 0 bridgehead atoms. The fraction of sp³-hybridized carbons (Fsp3) is 0.645. The second-order valence-electron chi connectivity index (χ2n) is 9.72. The van der Waals surface area contributed by atoms with Gasteiger partial charge in [-0.1, -0.05) is 116 Å². The summed E-state index contributed by atoms with van der Waals surface area (Å²) in [6.07, 6.45) is 22.0. The monoisotopic (exact) mass is 451 g/mol. The van der Waals surface area contributed by atoms with Crippen LogP contribution in [0.25, 0.3) is 0 Å². The van der Waals surface area contributed by atoms with Crippen LogP contribution >= 0.6 is 0 Å². The second-order valence-corrected chi connectivity index (χ2v) is 9.72. The lowest BCUT2D eigenvalue weighted by atomic mass is 9.96. The Kier molecular flexibility index (Phi) is 14.6. The largest absolute Gasteiger partial charge is 0.494 e. The third-order valence-corrected chi connectivity index (χ3v) is 6.76. The summed E-state index contributed by atoms with van der Waals surface area (Å²) in [4.78, 5) is 4.78. The van der Waals surface area contributed by atoms with Gasteiger partial charge in [0.25, 0.3) is 0 Å². The molecule has 184 valence electrons. The van der Waals surface area contributed by atoms with Gasteiger partial charge in [-0.3, -0.25) is 4.98 Å². The summed E-state index contributed by atoms with van der Waals surface area (Å²) < 4.78 is 5.95. The zero-order chi connectivity index (χ0) is 23.6. The van der Waals surface area contributed by atoms with Gasteiger partial charge in [0.05, 0.1) is 6.61 Å². The van der Waals surface area contributed by atoms with Crippen molar-refractivity contribution in [3.05, 3.63) is 59.4 Å². The molecule has 0 radical (unpaired) electrons. The average molecular weight is 452 g/mol. The van der Waals surface area contributed by atoms with Crippen LogP contribution in [-0.2, 0) is 6.42 Å². The number of aryl methyl sites for hydroxylation is 1. The number of hydrogen-bond donors (Lipinski definition) is 0. The van der Waals surface area contributed by atoms with Crippen molar-refractivity contribution < 1.29 is 4.74 Å². The van der Waals surface area contributed by atoms with Gasteiger partial charge in [-0.05, 0) is 48.6 Å². The minimum Gasteiger partial charge on any atom is -0.494 e. The molecule has 1 atom stereocenters. The lowest BCUT2D eigenvalue weighted by Crippen LogP contribution is -2.01. The molecule has 1 aromatic carbocycles. The Morgan fingerprint density at radius 2 is 1.24 bits per heavy atom. The van der Waals surface area contributed by atoms with Crippen LogP contribution in [0.15, 0.2) is 42.6 Å². The molecule has 0 N–H and O–H groups in total. The van der Waals surface area contributed by atoms with Gasteiger partial charge in [0, 0.05) is 17.8 Å². The predicted octanol–water partition coefficient (Wildman–Crippen LogP) is 9.66. The Bertz CT molecular complexity index is 707. The van der Waals surface area contributed by atoms with Gasteiger partial charge in [0.15, 0.2) is 0 Å². The Morgan fingerprint density at radius 3 is 1.82 bits per heavy atom. The molecule has 0 amide bonds. The van der Waals surface area contributed by atoms with Gasteiger partial charge >= 0.3 is 0 Å². The fourth-order valence-corrected chi connectivity index (χ4v) is 4.40. The number of hydrogen-bond acceptors (Lipinski definition) is 2. The standard InChI is InChI=1S/C31H49NO/c1-4-6-8-10-12-14-16-18-28-19-24-31(32-26-28)27(3)29-20-22-30(23-21-29)33-25-17-15-13-11-9-7-5-2/h19-24,26-27H,4-18,25H2,1-3H3. The summed E-state index contributed by atoms with van der Waals surface area (Å²) >= 11 is 0. The van der Waals surface area contributed by atoms with Gasteiger partial charge in [0.2, 0.25) is 0 Å². The van der Waals surface area contributed by atoms with Crippen molar-refractivity contribution >= 4 is 0 Å². The molecule has 0 aliphatic heterocycles. The molecule has 33 heavy (non-hydrogen) atoms. The maximum absolute atomic E-state index is 5.95. The van der Waals surface area contributed by atoms with Gasteiger partial charge in [-0.15, -0.1) is 0 Å². The number of rotatable bonds is 19. The molecule has 2 nitrogen and oxygen atoms in total. The first-order valence-corrected chi connectivity index (χ1v) is 13.9. The van der Waals surface area contributed by atoms with Crippen LogP contribution in [-0.4, -0.2) is 11.6 Å². The zero-order valence-corrected chi connectivity index (χ0v) is 21.8. The maximum atomic E-state index is 5.95. The van der Waals surface area contributed by atoms with E-state index in [1.54, 1.807) is 0 Å². The smallest absolute Gasteiger partial charge is 0.119 e. The van der Waals surface area contributed by atoms with E-state index in [4.69, 9.17) is 9.72 Å². The summed E-state index contributed by atoms with van der Waals surface area (Å²) in [6.45, 7) is 7.61. The SMILES string of the molecule is CCCCCCCCCOc1ccc(C(C)c2ccc(CCCCCCCCC)cn2)cc1. The summed E-state index contributed by atoms with van der Waals surface area (Å²) in [6, 6.07) is 13.1. The molecular weight excluding hydrogens is 402 g/mol. The van der Waals surface area contributed by atoms with Crippen LogP contribution in [0.5, 0.6) is 5.75 Å². The van der Waals surface area contributed by atoms with E-state index in [1.807, 2.05) is 0 Å². The van der Waals surface area contributed by atoms with Gasteiger partial charge < -0.3 is 4.74 Å². The van der Waals surface area contributed by atoms with E-state index in [0.717, 1.165) is 30.9 Å². The molecule has 0 aliphatic carbocycles. The van der Waals surface area contributed by atoms with E-state index in [-0.39, 0.29) is 0 Å². The lowest BCUT2D eigenvalue weighted by Gasteiger charge is -2.13. The van der Waals surface area contributed by atoms with Crippen LogP contribution in [0.4, 0.5) is 0 Å². The topological polar surface area (TPSA) is 22.1 Å². The van der Waals surface area contributed by atoms with E-state index in [0.29, 0.717) is 5.92 Å². The van der Waals surface area contributed by atoms with Gasteiger partial charge in [-0.25, -0.2) is 0 Å². The van der Waals surface area contributed by atoms with Crippen molar-refractivity contribution in [1.82, 2.24) is 4.98 Å². The normalized spacial score (nSPS) is 12.1. The molecule has 1 aromatic heterocycles. The van der Waals surface area contributed by atoms with Crippen molar-refractivity contribution in [3.8, 4) is 5.75 Å². The molecule has 0 saturated heterocycles. The molecule has 2 rings (SSSR count). The highest BCUT2D eigenvalue weighted by atomic mass is 16.5. The Hall–Kier alpha value is -1.83. The predicted molar refractivity (Wildman–Crippen MR) is 143 cm³/mol. The Balaban J connectivity index is 1.66. The number of benzene rings is 1. The number of pyridine rings is 1. The molecule has 0 spiro atoms. The van der Waals surface area contributed by atoms with Crippen molar-refractivity contribution in [2.45, 2.75) is 123 Å². The summed E-state index contributed by atoms with van der Waals surface area (Å²) in [5.74, 6) is 1.28. The Morgan fingerprint density at radius 1 is 0.667 bits per heavy atom. The molecule has 0 saturated carbocycles. The fourth-order valence-electron chi connectivity index (χ4n) is 4.40. The molecule has 0 fully saturated rings. The zero-order valence-electron chi connectivity index (χ0n) is 21.8. The highest BCUT2D eigenvalue weighted by molar-refractivity contribution is 5.33. The van der Waals surface area contributed by atoms with E-state index in [1.165, 1.54) is 94.6 Å². The lowest BCUT2D eigenvalue weighted by molar-refractivity contribution is 0.304. The van der Waals surface area contributed by atoms with Gasteiger partial charge in [0.1, 0.15) is 5.75 Å². The molecule has 1 heterocycles. The van der Waals surface area contributed by atoms with Crippen LogP contribution in [0.2, 0.25) is 0 Å². The summed E-state index contributed by atoms with van der Waals surface area (Å²) in [5.41, 5.74) is 3.81. The van der Waals surface area contributed by atoms with Crippen LogP contribution in [0.1, 0.15) is 133 Å². The highest BCUT2D eigenvalue weighted by Crippen LogP contribution is 2.25. The summed E-state index contributed by atoms with van der Waals surface area (Å²) in [7, 11) is 0. The average Bonchev–Trinajstić information content (AvgIpc) is 2.85. The van der Waals surface area contributed by atoms with Crippen LogP contribution in [0, 0.1) is 0 Å². The van der Waals surface area contributed by atoms with E-state index >= 15 is 0 Å². The minimum atomic E-state index is 0.301. The summed E-state index contributed by atoms with van der Waals surface area (Å²) in [5, 5.41) is 0.